The van der Waals surface area contributed by atoms with E-state index >= 15 is 0 Å². The standard InChI is InChI=1S/C26H23FN6O3/c1-16(2)24(36-17-7-10-22(18(27)14-17)33-13-5-12-29-33)26(35)32-15-23(34)30-21-9-8-20(31-25(21)32)19-6-3-4-11-28-19/h3-14,16,24H,15H2,1-2H3,(H,30,34). The number of halogens is 1. The van der Waals surface area contributed by atoms with Gasteiger partial charge in [0.2, 0.25) is 5.91 Å². The van der Waals surface area contributed by atoms with Crippen LogP contribution in [0.2, 0.25) is 0 Å². The third kappa shape index (κ3) is 4.52. The number of carbonyl (C=O) groups excluding carboxylic acids is 2. The SMILES string of the molecule is CC(C)C(Oc1ccc(-n2cccn2)c(F)c1)C(=O)N1CC(=O)Nc2ccc(-c3ccccn3)nc21. The number of amides is 2. The normalized spacial score (nSPS) is 13.8. The third-order valence-corrected chi connectivity index (χ3v) is 5.68. The van der Waals surface area contributed by atoms with Crippen molar-refractivity contribution in [2.75, 3.05) is 16.8 Å². The molecule has 4 aromatic rings. The zero-order valence-corrected chi connectivity index (χ0v) is 19.6. The van der Waals surface area contributed by atoms with Gasteiger partial charge in [0.25, 0.3) is 5.91 Å². The Morgan fingerprint density at radius 2 is 1.94 bits per heavy atom. The van der Waals surface area contributed by atoms with Crippen molar-refractivity contribution < 1.29 is 18.7 Å². The molecule has 182 valence electrons. The van der Waals surface area contributed by atoms with Crippen LogP contribution < -0.4 is 15.0 Å². The number of hydrogen-bond acceptors (Lipinski definition) is 6. The Morgan fingerprint density at radius 3 is 2.64 bits per heavy atom. The monoisotopic (exact) mass is 486 g/mol. The molecule has 1 N–H and O–H groups in total. The van der Waals surface area contributed by atoms with Crippen molar-refractivity contribution in [1.29, 1.82) is 0 Å². The Morgan fingerprint density at radius 1 is 1.08 bits per heavy atom. The zero-order chi connectivity index (χ0) is 25.2. The van der Waals surface area contributed by atoms with Gasteiger partial charge in [-0.2, -0.15) is 5.10 Å². The topological polar surface area (TPSA) is 102 Å². The van der Waals surface area contributed by atoms with Gasteiger partial charge in [-0.05, 0) is 48.4 Å². The van der Waals surface area contributed by atoms with Gasteiger partial charge in [-0.1, -0.05) is 19.9 Å². The molecule has 4 heterocycles. The molecule has 3 aromatic heterocycles. The molecule has 0 bridgehead atoms. The van der Waals surface area contributed by atoms with Crippen molar-refractivity contribution in [2.45, 2.75) is 20.0 Å². The first kappa shape index (κ1) is 23.2. The molecule has 0 aliphatic carbocycles. The number of nitrogens with one attached hydrogen (secondary N) is 1. The van der Waals surface area contributed by atoms with E-state index in [1.54, 1.807) is 48.9 Å². The van der Waals surface area contributed by atoms with Gasteiger partial charge >= 0.3 is 0 Å². The quantitative estimate of drug-likeness (QED) is 0.444. The molecule has 1 aliphatic rings. The highest BCUT2D eigenvalue weighted by Gasteiger charge is 2.36. The van der Waals surface area contributed by atoms with Crippen molar-refractivity contribution in [3.63, 3.8) is 0 Å². The summed E-state index contributed by atoms with van der Waals surface area (Å²) < 4.78 is 22.1. The molecule has 0 radical (unpaired) electrons. The van der Waals surface area contributed by atoms with Crippen molar-refractivity contribution >= 4 is 23.3 Å². The minimum atomic E-state index is -0.987. The van der Waals surface area contributed by atoms with Crippen LogP contribution in [0.15, 0.2) is 73.2 Å². The molecular weight excluding hydrogens is 463 g/mol. The number of pyridine rings is 2. The Bertz CT molecular complexity index is 1410. The number of aromatic nitrogens is 4. The van der Waals surface area contributed by atoms with E-state index in [4.69, 9.17) is 4.74 Å². The van der Waals surface area contributed by atoms with E-state index in [9.17, 15) is 14.0 Å². The van der Waals surface area contributed by atoms with Crippen molar-refractivity contribution in [3.8, 4) is 22.8 Å². The maximum Gasteiger partial charge on any atom is 0.270 e. The number of benzene rings is 1. The van der Waals surface area contributed by atoms with Crippen LogP contribution >= 0.6 is 0 Å². The Labute approximate surface area is 206 Å². The lowest BCUT2D eigenvalue weighted by atomic mass is 10.0. The Balaban J connectivity index is 1.45. The second kappa shape index (κ2) is 9.57. The van der Waals surface area contributed by atoms with Crippen molar-refractivity contribution in [2.24, 2.45) is 5.92 Å². The van der Waals surface area contributed by atoms with Crippen LogP contribution in [0.3, 0.4) is 0 Å². The van der Waals surface area contributed by atoms with Gasteiger partial charge in [-0.15, -0.1) is 0 Å². The highest BCUT2D eigenvalue weighted by molar-refractivity contribution is 6.10. The van der Waals surface area contributed by atoms with Crippen LogP contribution in [-0.4, -0.2) is 44.2 Å². The lowest BCUT2D eigenvalue weighted by Crippen LogP contribution is -2.50. The number of nitrogens with zero attached hydrogens (tertiary/aromatic N) is 5. The summed E-state index contributed by atoms with van der Waals surface area (Å²) in [6.45, 7) is 3.42. The summed E-state index contributed by atoms with van der Waals surface area (Å²) in [5.74, 6) is -1.14. The highest BCUT2D eigenvalue weighted by Crippen LogP contribution is 2.32. The summed E-state index contributed by atoms with van der Waals surface area (Å²) in [4.78, 5) is 36.3. The van der Waals surface area contributed by atoms with Gasteiger partial charge in [0.05, 0.1) is 17.1 Å². The fourth-order valence-electron chi connectivity index (χ4n) is 3.93. The summed E-state index contributed by atoms with van der Waals surface area (Å²) in [6.07, 6.45) is 3.85. The van der Waals surface area contributed by atoms with Crippen molar-refractivity contribution in [1.82, 2.24) is 19.7 Å². The fraction of sp³-hybridized carbons (Fsp3) is 0.192. The molecule has 1 unspecified atom stereocenters. The van der Waals surface area contributed by atoms with Crippen LogP contribution in [0.5, 0.6) is 5.75 Å². The van der Waals surface area contributed by atoms with Crippen LogP contribution in [-0.2, 0) is 9.59 Å². The van der Waals surface area contributed by atoms with Crippen molar-refractivity contribution in [3.05, 3.63) is 79.0 Å². The number of ether oxygens (including phenoxy) is 1. The maximum absolute atomic E-state index is 14.8. The molecule has 0 saturated heterocycles. The van der Waals surface area contributed by atoms with Gasteiger partial charge in [-0.25, -0.2) is 14.1 Å². The summed E-state index contributed by atoms with van der Waals surface area (Å²) >= 11 is 0. The Kier molecular flexibility index (Phi) is 6.16. The molecule has 1 atom stereocenters. The number of hydrogen-bond donors (Lipinski definition) is 1. The summed E-state index contributed by atoms with van der Waals surface area (Å²) in [5.41, 5.74) is 1.86. The van der Waals surface area contributed by atoms with E-state index in [1.807, 2.05) is 26.0 Å². The van der Waals surface area contributed by atoms with E-state index in [0.29, 0.717) is 22.9 Å². The van der Waals surface area contributed by atoms with Crippen LogP contribution in [0, 0.1) is 11.7 Å². The molecule has 1 aromatic carbocycles. The summed E-state index contributed by atoms with van der Waals surface area (Å²) in [6, 6.07) is 14.9. The average Bonchev–Trinajstić information content (AvgIpc) is 3.41. The molecule has 5 rings (SSSR count). The highest BCUT2D eigenvalue weighted by atomic mass is 19.1. The van der Waals surface area contributed by atoms with Gasteiger partial charge in [0.15, 0.2) is 17.7 Å². The lowest BCUT2D eigenvalue weighted by Gasteiger charge is -2.32. The molecule has 0 saturated carbocycles. The molecule has 2 amide bonds. The van der Waals surface area contributed by atoms with Crippen LogP contribution in [0.4, 0.5) is 15.9 Å². The first-order valence-corrected chi connectivity index (χ1v) is 11.4. The lowest BCUT2D eigenvalue weighted by molar-refractivity contribution is -0.128. The maximum atomic E-state index is 14.8. The molecule has 36 heavy (non-hydrogen) atoms. The second-order valence-electron chi connectivity index (χ2n) is 8.60. The number of anilines is 2. The molecular formula is C26H23FN6O3. The van der Waals surface area contributed by atoms with Gasteiger partial charge in [-0.3, -0.25) is 19.5 Å². The summed E-state index contributed by atoms with van der Waals surface area (Å²) in [7, 11) is 0. The van der Waals surface area contributed by atoms with E-state index in [0.717, 1.165) is 0 Å². The van der Waals surface area contributed by atoms with Gasteiger partial charge < -0.3 is 10.1 Å². The number of carbonyl (C=O) groups is 2. The largest absolute Gasteiger partial charge is 0.480 e. The molecule has 1 aliphatic heterocycles. The minimum Gasteiger partial charge on any atom is -0.480 e. The molecule has 0 spiro atoms. The zero-order valence-electron chi connectivity index (χ0n) is 19.6. The predicted molar refractivity (Wildman–Crippen MR) is 131 cm³/mol. The first-order valence-electron chi connectivity index (χ1n) is 11.4. The average molecular weight is 487 g/mol. The van der Waals surface area contributed by atoms with E-state index in [1.165, 1.54) is 21.7 Å². The number of fused-ring (bicyclic) bond motifs is 1. The second-order valence-corrected chi connectivity index (χ2v) is 8.60. The predicted octanol–water partition coefficient (Wildman–Crippen LogP) is 3.86. The fourth-order valence-corrected chi connectivity index (χ4v) is 3.93. The Hall–Kier alpha value is -4.60. The number of rotatable bonds is 6. The van der Waals surface area contributed by atoms with E-state index in [2.05, 4.69) is 20.4 Å². The van der Waals surface area contributed by atoms with Crippen LogP contribution in [0.1, 0.15) is 13.8 Å². The molecule has 10 heteroatoms. The third-order valence-electron chi connectivity index (χ3n) is 5.68. The first-order chi connectivity index (χ1) is 17.4. The smallest absolute Gasteiger partial charge is 0.270 e. The summed E-state index contributed by atoms with van der Waals surface area (Å²) in [5, 5.41) is 6.79. The molecule has 9 nitrogen and oxygen atoms in total. The van der Waals surface area contributed by atoms with Crippen LogP contribution in [0.25, 0.3) is 17.1 Å². The van der Waals surface area contributed by atoms with E-state index < -0.39 is 17.8 Å². The van der Waals surface area contributed by atoms with E-state index in [-0.39, 0.29) is 29.8 Å². The minimum absolute atomic E-state index is 0.187. The van der Waals surface area contributed by atoms with Gasteiger partial charge in [0, 0.05) is 24.7 Å². The molecule has 0 fully saturated rings. The van der Waals surface area contributed by atoms with Gasteiger partial charge in [0.1, 0.15) is 18.0 Å².